The van der Waals surface area contributed by atoms with Crippen LogP contribution in [0.15, 0.2) is 30.5 Å². The predicted molar refractivity (Wildman–Crippen MR) is 68.9 cm³/mol. The lowest BCUT2D eigenvalue weighted by atomic mass is 10.0. The largest absolute Gasteiger partial charge is 0.422 e. The summed E-state index contributed by atoms with van der Waals surface area (Å²) in [4.78, 5) is 5.54. The van der Waals surface area contributed by atoms with Crippen molar-refractivity contribution in [3.8, 4) is 11.3 Å². The van der Waals surface area contributed by atoms with Gasteiger partial charge in [-0.15, -0.1) is 0 Å². The zero-order chi connectivity index (χ0) is 15.8. The van der Waals surface area contributed by atoms with Gasteiger partial charge < -0.3 is 4.90 Å². The second kappa shape index (κ2) is 5.31. The molecule has 0 bridgehead atoms. The zero-order valence-corrected chi connectivity index (χ0v) is 11.2. The van der Waals surface area contributed by atoms with Crippen molar-refractivity contribution < 1.29 is 22.0 Å². The van der Waals surface area contributed by atoms with Gasteiger partial charge in [-0.25, -0.2) is 8.78 Å². The number of hydrogen-bond acceptors (Lipinski definition) is 2. The van der Waals surface area contributed by atoms with Crippen molar-refractivity contribution in [2.45, 2.75) is 6.18 Å². The van der Waals surface area contributed by atoms with E-state index in [0.29, 0.717) is 11.8 Å². The van der Waals surface area contributed by atoms with E-state index in [9.17, 15) is 22.0 Å². The van der Waals surface area contributed by atoms with E-state index in [0.717, 1.165) is 6.07 Å². The number of hydrogen-bond donors (Lipinski definition) is 0. The second-order valence-electron chi connectivity index (χ2n) is 4.58. The summed E-state index contributed by atoms with van der Waals surface area (Å²) in [6.07, 6.45) is -3.76. The molecule has 0 aliphatic carbocycles. The molecule has 2 aromatic rings. The van der Waals surface area contributed by atoms with Crippen LogP contribution in [-0.2, 0) is 6.18 Å². The molecule has 0 fully saturated rings. The molecule has 0 unspecified atom stereocenters. The molecule has 0 saturated carbocycles. The highest BCUT2D eigenvalue weighted by atomic mass is 19.4. The molecule has 1 aromatic carbocycles. The standard InChI is InChI=1S/C14H11F5N2/c1-21(2)8-5-6-20-11(7-8)9-3-4-10(15)12(13(9)16)14(17,18)19/h3-7H,1-2H3. The Morgan fingerprint density at radius 1 is 1.05 bits per heavy atom. The Morgan fingerprint density at radius 2 is 1.71 bits per heavy atom. The molecule has 21 heavy (non-hydrogen) atoms. The molecule has 0 N–H and O–H groups in total. The Bertz CT molecular complexity index is 665. The molecule has 0 aliphatic rings. The van der Waals surface area contributed by atoms with Crippen LogP contribution in [0.4, 0.5) is 27.6 Å². The molecule has 0 amide bonds. The lowest BCUT2D eigenvalue weighted by Crippen LogP contribution is -2.12. The van der Waals surface area contributed by atoms with Crippen molar-refractivity contribution in [2.75, 3.05) is 19.0 Å². The summed E-state index contributed by atoms with van der Waals surface area (Å²) >= 11 is 0. The third kappa shape index (κ3) is 2.96. The summed E-state index contributed by atoms with van der Waals surface area (Å²) < 4.78 is 65.4. The molecule has 2 rings (SSSR count). The fourth-order valence-electron chi connectivity index (χ4n) is 1.86. The fourth-order valence-corrected chi connectivity index (χ4v) is 1.86. The van der Waals surface area contributed by atoms with Crippen LogP contribution in [-0.4, -0.2) is 19.1 Å². The van der Waals surface area contributed by atoms with E-state index in [1.807, 2.05) is 0 Å². The Morgan fingerprint density at radius 3 is 2.29 bits per heavy atom. The summed E-state index contributed by atoms with van der Waals surface area (Å²) in [5.74, 6) is -3.31. The number of halogens is 5. The Hall–Kier alpha value is -2.18. The summed E-state index contributed by atoms with van der Waals surface area (Å²) in [5.41, 5.74) is -1.66. The highest BCUT2D eigenvalue weighted by Crippen LogP contribution is 2.37. The van der Waals surface area contributed by atoms with Crippen molar-refractivity contribution in [3.63, 3.8) is 0 Å². The molecule has 0 radical (unpaired) electrons. The van der Waals surface area contributed by atoms with Gasteiger partial charge in [-0.3, -0.25) is 4.98 Å². The van der Waals surface area contributed by atoms with E-state index < -0.39 is 28.9 Å². The predicted octanol–water partition coefficient (Wildman–Crippen LogP) is 4.11. The summed E-state index contributed by atoms with van der Waals surface area (Å²) in [7, 11) is 3.45. The van der Waals surface area contributed by atoms with Gasteiger partial charge in [0.1, 0.15) is 17.2 Å². The van der Waals surface area contributed by atoms with Crippen LogP contribution in [0.5, 0.6) is 0 Å². The average molecular weight is 302 g/mol. The number of nitrogens with zero attached hydrogens (tertiary/aromatic N) is 2. The van der Waals surface area contributed by atoms with Crippen LogP contribution >= 0.6 is 0 Å². The summed E-state index contributed by atoms with van der Waals surface area (Å²) in [6.45, 7) is 0. The van der Waals surface area contributed by atoms with Crippen LogP contribution in [0.25, 0.3) is 11.3 Å². The van der Waals surface area contributed by atoms with Crippen LogP contribution in [0.2, 0.25) is 0 Å². The van der Waals surface area contributed by atoms with Crippen LogP contribution < -0.4 is 4.90 Å². The summed E-state index contributed by atoms with van der Waals surface area (Å²) in [5, 5.41) is 0. The normalized spacial score (nSPS) is 11.6. The van der Waals surface area contributed by atoms with Gasteiger partial charge in [0, 0.05) is 31.5 Å². The number of rotatable bonds is 2. The zero-order valence-electron chi connectivity index (χ0n) is 11.2. The smallest absolute Gasteiger partial charge is 0.378 e. The maximum atomic E-state index is 14.0. The Balaban J connectivity index is 2.63. The molecule has 0 saturated heterocycles. The first-order chi connectivity index (χ1) is 9.71. The van der Waals surface area contributed by atoms with Gasteiger partial charge in [0.05, 0.1) is 5.69 Å². The van der Waals surface area contributed by atoms with Gasteiger partial charge in [0.15, 0.2) is 0 Å². The molecule has 0 spiro atoms. The van der Waals surface area contributed by atoms with Crippen molar-refractivity contribution in [1.29, 1.82) is 0 Å². The lowest BCUT2D eigenvalue weighted by Gasteiger charge is -2.15. The molecule has 0 atom stereocenters. The quantitative estimate of drug-likeness (QED) is 0.776. The van der Waals surface area contributed by atoms with Gasteiger partial charge in [-0.05, 0) is 24.3 Å². The maximum Gasteiger partial charge on any atom is 0.422 e. The first kappa shape index (κ1) is 15.2. The van der Waals surface area contributed by atoms with E-state index >= 15 is 0 Å². The first-order valence-electron chi connectivity index (χ1n) is 5.90. The SMILES string of the molecule is CN(C)c1ccnc(-c2ccc(F)c(C(F)(F)F)c2F)c1. The number of pyridine rings is 1. The molecular weight excluding hydrogens is 291 g/mol. The minimum absolute atomic E-state index is 0.00389. The first-order valence-corrected chi connectivity index (χ1v) is 5.90. The van der Waals surface area contributed by atoms with Gasteiger partial charge in [-0.2, -0.15) is 13.2 Å². The van der Waals surface area contributed by atoms with Crippen molar-refractivity contribution >= 4 is 5.69 Å². The molecule has 1 heterocycles. The molecule has 112 valence electrons. The monoisotopic (exact) mass is 302 g/mol. The Labute approximate surface area is 117 Å². The van der Waals surface area contributed by atoms with E-state index in [1.54, 1.807) is 25.1 Å². The number of aromatic nitrogens is 1. The maximum absolute atomic E-state index is 14.0. The highest BCUT2D eigenvalue weighted by Gasteiger charge is 2.38. The van der Waals surface area contributed by atoms with Gasteiger partial charge in [0.2, 0.25) is 0 Å². The number of benzene rings is 1. The number of anilines is 1. The van der Waals surface area contributed by atoms with E-state index in [2.05, 4.69) is 4.98 Å². The molecular formula is C14H11F5N2. The lowest BCUT2D eigenvalue weighted by molar-refractivity contribution is -0.142. The van der Waals surface area contributed by atoms with Crippen molar-refractivity contribution in [1.82, 2.24) is 4.98 Å². The fraction of sp³-hybridized carbons (Fsp3) is 0.214. The molecule has 1 aromatic heterocycles. The second-order valence-corrected chi connectivity index (χ2v) is 4.58. The topological polar surface area (TPSA) is 16.1 Å². The van der Waals surface area contributed by atoms with Gasteiger partial charge in [0.25, 0.3) is 0 Å². The van der Waals surface area contributed by atoms with E-state index in [-0.39, 0.29) is 5.69 Å². The minimum Gasteiger partial charge on any atom is -0.378 e. The molecule has 7 heteroatoms. The van der Waals surface area contributed by atoms with Gasteiger partial charge in [-0.1, -0.05) is 0 Å². The summed E-state index contributed by atoms with van der Waals surface area (Å²) in [6, 6.07) is 4.58. The Kier molecular flexibility index (Phi) is 3.85. The third-order valence-corrected chi connectivity index (χ3v) is 2.91. The highest BCUT2D eigenvalue weighted by molar-refractivity contribution is 5.66. The van der Waals surface area contributed by atoms with E-state index in [4.69, 9.17) is 0 Å². The molecule has 0 aliphatic heterocycles. The minimum atomic E-state index is -5.11. The third-order valence-electron chi connectivity index (χ3n) is 2.91. The van der Waals surface area contributed by atoms with Crippen molar-refractivity contribution in [2.24, 2.45) is 0 Å². The van der Waals surface area contributed by atoms with E-state index in [1.165, 1.54) is 12.3 Å². The molecule has 2 nitrogen and oxygen atoms in total. The van der Waals surface area contributed by atoms with Crippen LogP contribution in [0, 0.1) is 11.6 Å². The van der Waals surface area contributed by atoms with Crippen LogP contribution in [0.3, 0.4) is 0 Å². The number of alkyl halides is 3. The van der Waals surface area contributed by atoms with Crippen LogP contribution in [0.1, 0.15) is 5.56 Å². The average Bonchev–Trinajstić information content (AvgIpc) is 2.37. The van der Waals surface area contributed by atoms with Gasteiger partial charge >= 0.3 is 6.18 Å². The van der Waals surface area contributed by atoms with Crippen molar-refractivity contribution in [3.05, 3.63) is 47.7 Å².